The summed E-state index contributed by atoms with van der Waals surface area (Å²) < 4.78 is 15.1. The van der Waals surface area contributed by atoms with Crippen molar-refractivity contribution in [2.75, 3.05) is 5.73 Å². The number of rotatable bonds is 3. The van der Waals surface area contributed by atoms with Gasteiger partial charge in [-0.15, -0.1) is 5.10 Å². The maximum absolute atomic E-state index is 13.8. The van der Waals surface area contributed by atoms with E-state index in [-0.39, 0.29) is 5.82 Å². The van der Waals surface area contributed by atoms with Gasteiger partial charge in [0.05, 0.1) is 0 Å². The first-order valence-corrected chi connectivity index (χ1v) is 6.76. The van der Waals surface area contributed by atoms with Gasteiger partial charge in [-0.05, 0) is 24.1 Å². The average molecular weight is 282 g/mol. The van der Waals surface area contributed by atoms with Crippen LogP contribution in [0.3, 0.4) is 0 Å². The van der Waals surface area contributed by atoms with Gasteiger partial charge in [-0.25, -0.2) is 4.39 Å². The van der Waals surface area contributed by atoms with Crippen LogP contribution in [0.4, 0.5) is 10.2 Å². The van der Waals surface area contributed by atoms with Crippen molar-refractivity contribution in [3.05, 3.63) is 59.9 Å². The van der Waals surface area contributed by atoms with E-state index in [9.17, 15) is 4.39 Å². The van der Waals surface area contributed by atoms with Crippen LogP contribution < -0.4 is 5.73 Å². The van der Waals surface area contributed by atoms with Gasteiger partial charge in [0.15, 0.2) is 5.82 Å². The largest absolute Gasteiger partial charge is 0.382 e. The van der Waals surface area contributed by atoms with Crippen LogP contribution in [0.1, 0.15) is 12.5 Å². The molecule has 0 fully saturated rings. The van der Waals surface area contributed by atoms with Gasteiger partial charge in [0.2, 0.25) is 0 Å². The summed E-state index contributed by atoms with van der Waals surface area (Å²) in [5, 5.41) is 8.05. The van der Waals surface area contributed by atoms with Crippen molar-refractivity contribution in [3.63, 3.8) is 0 Å². The number of hydrogen-bond donors (Lipinski definition) is 1. The Labute approximate surface area is 122 Å². The number of benzene rings is 2. The molecule has 0 bridgehead atoms. The highest BCUT2D eigenvalue weighted by Crippen LogP contribution is 2.26. The Balaban J connectivity index is 2.05. The summed E-state index contributed by atoms with van der Waals surface area (Å²) in [5.41, 5.74) is 9.03. The fourth-order valence-electron chi connectivity index (χ4n) is 2.19. The number of para-hydroxylation sites is 1. The minimum atomic E-state index is -0.387. The molecule has 2 N–H and O–H groups in total. The molecule has 0 aliphatic rings. The van der Waals surface area contributed by atoms with Crippen LogP contribution in [0.5, 0.6) is 0 Å². The van der Waals surface area contributed by atoms with Crippen molar-refractivity contribution in [1.82, 2.24) is 15.0 Å². The van der Waals surface area contributed by atoms with Gasteiger partial charge in [-0.2, -0.15) is 4.68 Å². The van der Waals surface area contributed by atoms with Crippen molar-refractivity contribution in [3.8, 4) is 16.9 Å². The third kappa shape index (κ3) is 2.38. The molecule has 0 saturated heterocycles. The first-order chi connectivity index (χ1) is 10.2. The Bertz CT molecular complexity index is 762. The number of halogens is 1. The minimum Gasteiger partial charge on any atom is -0.382 e. The van der Waals surface area contributed by atoms with E-state index in [1.54, 1.807) is 18.2 Å². The van der Waals surface area contributed by atoms with Crippen molar-refractivity contribution in [1.29, 1.82) is 0 Å². The fourth-order valence-corrected chi connectivity index (χ4v) is 2.19. The molecule has 3 aromatic rings. The second-order valence-corrected chi connectivity index (χ2v) is 4.74. The van der Waals surface area contributed by atoms with E-state index in [1.807, 2.05) is 24.3 Å². The molecular weight excluding hydrogens is 267 g/mol. The summed E-state index contributed by atoms with van der Waals surface area (Å²) in [6, 6.07) is 14.3. The monoisotopic (exact) mass is 282 g/mol. The van der Waals surface area contributed by atoms with Crippen molar-refractivity contribution in [2.24, 2.45) is 0 Å². The van der Waals surface area contributed by atoms with E-state index in [2.05, 4.69) is 17.2 Å². The molecule has 106 valence electrons. The summed E-state index contributed by atoms with van der Waals surface area (Å²) >= 11 is 0. The minimum absolute atomic E-state index is 0.291. The molecule has 2 aromatic carbocycles. The highest BCUT2D eigenvalue weighted by atomic mass is 19.1. The van der Waals surface area contributed by atoms with Gasteiger partial charge in [-0.1, -0.05) is 48.5 Å². The molecule has 0 unspecified atom stereocenters. The molecule has 4 nitrogen and oxygen atoms in total. The maximum atomic E-state index is 13.8. The van der Waals surface area contributed by atoms with E-state index in [1.165, 1.54) is 16.3 Å². The predicted octanol–water partition coefficient (Wildman–Crippen LogP) is 3.22. The van der Waals surface area contributed by atoms with Gasteiger partial charge >= 0.3 is 0 Å². The Morgan fingerprint density at radius 1 is 1.10 bits per heavy atom. The van der Waals surface area contributed by atoms with E-state index in [0.29, 0.717) is 17.2 Å². The number of anilines is 1. The number of nitrogens with two attached hydrogens (primary N) is 1. The number of nitrogens with zero attached hydrogens (tertiary/aromatic N) is 3. The number of nitrogen functional groups attached to an aromatic ring is 1. The summed E-state index contributed by atoms with van der Waals surface area (Å²) in [4.78, 5) is 0. The van der Waals surface area contributed by atoms with Gasteiger partial charge in [-0.3, -0.25) is 0 Å². The molecule has 3 rings (SSSR count). The molecule has 0 aliphatic heterocycles. The van der Waals surface area contributed by atoms with Crippen LogP contribution in [-0.4, -0.2) is 15.0 Å². The SMILES string of the molecule is CCc1ccc(-c2nnn(-c3ccccc3F)c2N)cc1. The number of hydrogen-bond acceptors (Lipinski definition) is 3. The molecule has 0 saturated carbocycles. The Kier molecular flexibility index (Phi) is 3.39. The Morgan fingerprint density at radius 3 is 2.48 bits per heavy atom. The third-order valence-electron chi connectivity index (χ3n) is 3.42. The van der Waals surface area contributed by atoms with Crippen LogP contribution in [0.25, 0.3) is 16.9 Å². The van der Waals surface area contributed by atoms with Gasteiger partial charge < -0.3 is 5.73 Å². The lowest BCUT2D eigenvalue weighted by Crippen LogP contribution is -2.04. The summed E-state index contributed by atoms with van der Waals surface area (Å²) in [7, 11) is 0. The van der Waals surface area contributed by atoms with Crippen LogP contribution in [-0.2, 0) is 6.42 Å². The quantitative estimate of drug-likeness (QED) is 0.802. The van der Waals surface area contributed by atoms with E-state index >= 15 is 0 Å². The average Bonchev–Trinajstić information content (AvgIpc) is 2.89. The normalized spacial score (nSPS) is 10.8. The number of aryl methyl sites for hydroxylation is 1. The smallest absolute Gasteiger partial charge is 0.156 e. The van der Waals surface area contributed by atoms with E-state index in [4.69, 9.17) is 5.73 Å². The Morgan fingerprint density at radius 2 is 1.81 bits per heavy atom. The zero-order chi connectivity index (χ0) is 14.8. The van der Waals surface area contributed by atoms with Crippen molar-refractivity contribution >= 4 is 5.82 Å². The molecule has 0 aliphatic carbocycles. The summed E-state index contributed by atoms with van der Waals surface area (Å²) in [6.07, 6.45) is 0.970. The lowest BCUT2D eigenvalue weighted by Gasteiger charge is -2.05. The molecule has 1 aromatic heterocycles. The topological polar surface area (TPSA) is 56.7 Å². The molecule has 1 heterocycles. The van der Waals surface area contributed by atoms with Crippen LogP contribution in [0.2, 0.25) is 0 Å². The van der Waals surface area contributed by atoms with Crippen molar-refractivity contribution in [2.45, 2.75) is 13.3 Å². The first-order valence-electron chi connectivity index (χ1n) is 6.76. The molecule has 0 atom stereocenters. The van der Waals surface area contributed by atoms with E-state index in [0.717, 1.165) is 12.0 Å². The lowest BCUT2D eigenvalue weighted by molar-refractivity contribution is 0.608. The molecule has 0 radical (unpaired) electrons. The predicted molar refractivity (Wildman–Crippen MR) is 80.5 cm³/mol. The maximum Gasteiger partial charge on any atom is 0.156 e. The van der Waals surface area contributed by atoms with E-state index < -0.39 is 0 Å². The summed E-state index contributed by atoms with van der Waals surface area (Å²) in [5.74, 6) is -0.0636. The second kappa shape index (κ2) is 5.36. The molecule has 5 heteroatoms. The standard InChI is InChI=1S/C16H15FN4/c1-2-11-7-9-12(10-8-11)15-16(18)21(20-19-15)14-6-4-3-5-13(14)17/h3-10H,2,18H2,1H3. The number of aromatic nitrogens is 3. The lowest BCUT2D eigenvalue weighted by atomic mass is 10.1. The second-order valence-electron chi connectivity index (χ2n) is 4.74. The summed E-state index contributed by atoms with van der Waals surface area (Å²) in [6.45, 7) is 2.10. The molecular formula is C16H15FN4. The van der Waals surface area contributed by atoms with Crippen molar-refractivity contribution < 1.29 is 4.39 Å². The molecule has 0 spiro atoms. The Hall–Kier alpha value is -2.69. The van der Waals surface area contributed by atoms with Crippen LogP contribution in [0, 0.1) is 5.82 Å². The van der Waals surface area contributed by atoms with Gasteiger partial charge in [0.1, 0.15) is 17.2 Å². The fraction of sp³-hybridized carbons (Fsp3) is 0.125. The zero-order valence-electron chi connectivity index (χ0n) is 11.6. The molecule has 21 heavy (non-hydrogen) atoms. The third-order valence-corrected chi connectivity index (χ3v) is 3.42. The van der Waals surface area contributed by atoms with Crippen LogP contribution in [0.15, 0.2) is 48.5 Å². The highest BCUT2D eigenvalue weighted by molar-refractivity contribution is 5.71. The van der Waals surface area contributed by atoms with Crippen LogP contribution >= 0.6 is 0 Å². The van der Waals surface area contributed by atoms with Gasteiger partial charge in [0, 0.05) is 5.56 Å². The first kappa shape index (κ1) is 13.3. The van der Waals surface area contributed by atoms with Gasteiger partial charge in [0.25, 0.3) is 0 Å². The highest BCUT2D eigenvalue weighted by Gasteiger charge is 2.15. The molecule has 0 amide bonds. The zero-order valence-corrected chi connectivity index (χ0v) is 11.6.